The summed E-state index contributed by atoms with van der Waals surface area (Å²) < 4.78 is 3.24. The maximum atomic E-state index is 12.4. The first-order valence-corrected chi connectivity index (χ1v) is 12.0. The van der Waals surface area contributed by atoms with E-state index in [1.165, 1.54) is 4.68 Å². The molecule has 1 fully saturated rings. The van der Waals surface area contributed by atoms with Crippen molar-refractivity contribution in [3.05, 3.63) is 41.1 Å². The maximum absolute atomic E-state index is 12.4. The number of Topliss-reactive ketones (excluding diaryl/α,β-unsaturated/α-hetero) is 1. The molecule has 3 N–H and O–H groups in total. The molecule has 1 unspecified atom stereocenters. The van der Waals surface area contributed by atoms with Gasteiger partial charge in [0.15, 0.2) is 17.4 Å². The molecule has 36 heavy (non-hydrogen) atoms. The van der Waals surface area contributed by atoms with Crippen molar-refractivity contribution in [2.45, 2.75) is 32.7 Å². The number of nitrogens with one attached hydrogen (secondary N) is 2. The summed E-state index contributed by atoms with van der Waals surface area (Å²) in [5, 5.41) is 21.2. The zero-order valence-corrected chi connectivity index (χ0v) is 20.5. The minimum Gasteiger partial charge on any atom is -0.396 e. The van der Waals surface area contributed by atoms with Gasteiger partial charge in [-0.05, 0) is 25.8 Å². The molecule has 12 heteroatoms. The van der Waals surface area contributed by atoms with Crippen molar-refractivity contribution in [1.82, 2.24) is 34.5 Å². The summed E-state index contributed by atoms with van der Waals surface area (Å²) >= 11 is 0. The Morgan fingerprint density at radius 2 is 2.11 bits per heavy atom. The number of rotatable bonds is 7. The highest BCUT2D eigenvalue weighted by atomic mass is 16.3. The van der Waals surface area contributed by atoms with Crippen LogP contribution in [-0.2, 0) is 11.8 Å². The minimum absolute atomic E-state index is 0.0378. The molecule has 4 aromatic rings. The number of ketones is 1. The third-order valence-corrected chi connectivity index (χ3v) is 6.65. The van der Waals surface area contributed by atoms with Gasteiger partial charge in [-0.1, -0.05) is 6.92 Å². The van der Waals surface area contributed by atoms with E-state index in [4.69, 9.17) is 5.10 Å². The monoisotopic (exact) mass is 491 g/mol. The highest BCUT2D eigenvalue weighted by molar-refractivity contribution is 5.95. The number of anilines is 3. The topological polar surface area (TPSA) is 147 Å². The van der Waals surface area contributed by atoms with Gasteiger partial charge in [-0.15, -0.1) is 0 Å². The lowest BCUT2D eigenvalue weighted by molar-refractivity contribution is -0.122. The van der Waals surface area contributed by atoms with Crippen molar-refractivity contribution in [2.75, 3.05) is 29.9 Å². The predicted molar refractivity (Wildman–Crippen MR) is 135 cm³/mol. The molecule has 0 spiro atoms. The molecule has 0 radical (unpaired) electrons. The molecule has 2 atom stereocenters. The number of aryl methyl sites for hydroxylation is 1. The summed E-state index contributed by atoms with van der Waals surface area (Å²) in [5.74, 6) is 2.32. The van der Waals surface area contributed by atoms with E-state index in [0.29, 0.717) is 36.0 Å². The van der Waals surface area contributed by atoms with E-state index >= 15 is 0 Å². The number of carbonyl (C=O) groups excluding carboxylic acids is 1. The third-order valence-electron chi connectivity index (χ3n) is 6.65. The smallest absolute Gasteiger partial charge is 0.277 e. The molecule has 0 aliphatic carbocycles. The fourth-order valence-electron chi connectivity index (χ4n) is 4.39. The van der Waals surface area contributed by atoms with Crippen LogP contribution >= 0.6 is 0 Å². The van der Waals surface area contributed by atoms with Crippen LogP contribution in [0.1, 0.15) is 32.7 Å². The molecule has 1 aliphatic heterocycles. The fraction of sp³-hybridized carbons (Fsp3) is 0.417. The van der Waals surface area contributed by atoms with Crippen LogP contribution in [0.3, 0.4) is 0 Å². The molecule has 4 aromatic heterocycles. The van der Waals surface area contributed by atoms with Gasteiger partial charge in [0, 0.05) is 50.8 Å². The van der Waals surface area contributed by atoms with Crippen LogP contribution in [0.2, 0.25) is 0 Å². The second kappa shape index (κ2) is 9.53. The Balaban J connectivity index is 1.50. The van der Waals surface area contributed by atoms with E-state index in [-0.39, 0.29) is 29.9 Å². The number of hydrogen-bond acceptors (Lipinski definition) is 9. The lowest BCUT2D eigenvalue weighted by atomic mass is 9.98. The molecule has 12 nitrogen and oxygen atoms in total. The second-order valence-electron chi connectivity index (χ2n) is 9.24. The highest BCUT2D eigenvalue weighted by Crippen LogP contribution is 2.32. The van der Waals surface area contributed by atoms with Crippen molar-refractivity contribution in [2.24, 2.45) is 13.0 Å². The maximum Gasteiger partial charge on any atom is 0.277 e. The Bertz CT molecular complexity index is 1470. The van der Waals surface area contributed by atoms with E-state index in [1.54, 1.807) is 31.7 Å². The number of aliphatic hydroxyl groups is 1. The molecule has 0 saturated carbocycles. The fourth-order valence-corrected chi connectivity index (χ4v) is 4.39. The average molecular weight is 492 g/mol. The van der Waals surface area contributed by atoms with Gasteiger partial charge in [0.1, 0.15) is 17.2 Å². The number of pyridine rings is 1. The van der Waals surface area contributed by atoms with E-state index in [0.717, 1.165) is 29.7 Å². The first kappa shape index (κ1) is 23.7. The van der Waals surface area contributed by atoms with Crippen LogP contribution < -0.4 is 15.8 Å². The number of H-pyrrole nitrogens is 1. The van der Waals surface area contributed by atoms with Crippen LogP contribution in [0.4, 0.5) is 17.5 Å². The lowest BCUT2D eigenvalue weighted by Gasteiger charge is -2.29. The van der Waals surface area contributed by atoms with Gasteiger partial charge in [0.25, 0.3) is 5.56 Å². The number of aliphatic hydroxyl groups excluding tert-OH is 1. The van der Waals surface area contributed by atoms with E-state index in [2.05, 4.69) is 25.4 Å². The van der Waals surface area contributed by atoms with Gasteiger partial charge in [0.2, 0.25) is 0 Å². The number of hydrogen-bond donors (Lipinski definition) is 3. The van der Waals surface area contributed by atoms with Crippen molar-refractivity contribution in [3.8, 4) is 11.4 Å². The van der Waals surface area contributed by atoms with Gasteiger partial charge < -0.3 is 20.4 Å². The summed E-state index contributed by atoms with van der Waals surface area (Å²) in [6.45, 7) is 5.07. The summed E-state index contributed by atoms with van der Waals surface area (Å²) in [5.41, 5.74) is 0.991. The normalized spacial score (nSPS) is 17.1. The summed E-state index contributed by atoms with van der Waals surface area (Å²) in [7, 11) is 1.63. The number of aromatic nitrogens is 7. The van der Waals surface area contributed by atoms with Crippen molar-refractivity contribution < 1.29 is 9.90 Å². The zero-order valence-electron chi connectivity index (χ0n) is 20.5. The van der Waals surface area contributed by atoms with Gasteiger partial charge in [-0.2, -0.15) is 5.10 Å². The molecule has 0 amide bonds. The number of fused-ring (bicyclic) bond motifs is 1. The zero-order chi connectivity index (χ0) is 25.4. The molecule has 0 aromatic carbocycles. The third kappa shape index (κ3) is 4.35. The van der Waals surface area contributed by atoms with Crippen LogP contribution in [0.15, 0.2) is 35.5 Å². The van der Waals surface area contributed by atoms with Crippen LogP contribution in [0.5, 0.6) is 0 Å². The summed E-state index contributed by atoms with van der Waals surface area (Å²) in [4.78, 5) is 40.0. The number of aromatic amines is 1. The second-order valence-corrected chi connectivity index (χ2v) is 9.24. The van der Waals surface area contributed by atoms with Gasteiger partial charge in [0.05, 0.1) is 23.5 Å². The Morgan fingerprint density at radius 3 is 2.83 bits per heavy atom. The molecular formula is C24H29N9O3. The minimum atomic E-state index is -0.216. The first-order chi connectivity index (χ1) is 17.4. The Kier molecular flexibility index (Phi) is 6.27. The predicted octanol–water partition coefficient (Wildman–Crippen LogP) is 2.02. The molecule has 1 saturated heterocycles. The Labute approximate surface area is 207 Å². The molecule has 1 aliphatic rings. The van der Waals surface area contributed by atoms with E-state index in [9.17, 15) is 14.7 Å². The number of carbonyl (C=O) groups is 1. The van der Waals surface area contributed by atoms with E-state index < -0.39 is 0 Å². The molecule has 5 heterocycles. The molecule has 0 bridgehead atoms. The largest absolute Gasteiger partial charge is 0.396 e. The Morgan fingerprint density at radius 1 is 1.28 bits per heavy atom. The van der Waals surface area contributed by atoms with Crippen LogP contribution in [0, 0.1) is 5.92 Å². The van der Waals surface area contributed by atoms with Crippen LogP contribution in [-0.4, -0.2) is 65.1 Å². The van der Waals surface area contributed by atoms with Crippen molar-refractivity contribution >= 4 is 34.1 Å². The SMILES string of the molecule is CC1CCN(c2nn([C@@H](C)CCO)c3cc(Nc4ccnc(-c5c[nH]n(C)c5=O)n4)ncc23)CC1=O. The van der Waals surface area contributed by atoms with Crippen molar-refractivity contribution in [3.63, 3.8) is 0 Å². The van der Waals surface area contributed by atoms with Gasteiger partial charge in [-0.25, -0.2) is 15.0 Å². The molecule has 5 rings (SSSR count). The first-order valence-electron chi connectivity index (χ1n) is 12.0. The quantitative estimate of drug-likeness (QED) is 0.353. The molecule has 188 valence electrons. The van der Waals surface area contributed by atoms with Gasteiger partial charge in [-0.3, -0.25) is 19.0 Å². The lowest BCUT2D eigenvalue weighted by Crippen LogP contribution is -2.40. The number of nitrogens with zero attached hydrogens (tertiary/aromatic N) is 7. The average Bonchev–Trinajstić information content (AvgIpc) is 3.41. The summed E-state index contributed by atoms with van der Waals surface area (Å²) in [6.07, 6.45) is 6.22. The standard InChI is InChI=1S/C24H29N9O3/c1-14-5-8-32(13-19(14)35)23-16-11-26-21(10-18(16)33(30-23)15(2)6-9-34)28-20-4-7-25-22(29-20)17-12-27-31(3)24(17)36/h4,7,10-12,14-15,27,34H,5-6,8-9,13H2,1-3H3,(H,25,26,28,29)/t14?,15-/m0/s1. The van der Waals surface area contributed by atoms with Gasteiger partial charge >= 0.3 is 0 Å². The van der Waals surface area contributed by atoms with Crippen molar-refractivity contribution in [1.29, 1.82) is 0 Å². The van der Waals surface area contributed by atoms with E-state index in [1.807, 2.05) is 29.5 Å². The summed E-state index contributed by atoms with van der Waals surface area (Å²) in [6, 6.07) is 3.52. The Hall–Kier alpha value is -4.06. The van der Waals surface area contributed by atoms with Crippen LogP contribution in [0.25, 0.3) is 22.3 Å². The number of piperidine rings is 1. The highest BCUT2D eigenvalue weighted by Gasteiger charge is 2.28. The molecular weight excluding hydrogens is 462 g/mol.